The summed E-state index contributed by atoms with van der Waals surface area (Å²) in [6.07, 6.45) is 0.939. The van der Waals surface area contributed by atoms with E-state index in [1.807, 2.05) is 6.07 Å². The average molecular weight is 335 g/mol. The van der Waals surface area contributed by atoms with Gasteiger partial charge in [0, 0.05) is 42.8 Å². The highest BCUT2D eigenvalue weighted by Gasteiger charge is 2.14. The maximum atomic E-state index is 13.7. The number of carbonyl (C=O) groups is 1. The number of nitrogens with zero attached hydrogens (tertiary/aromatic N) is 2. The Kier molecular flexibility index (Phi) is 5.25. The molecule has 6 heteroatoms. The van der Waals surface area contributed by atoms with Crippen LogP contribution in [0.3, 0.4) is 0 Å². The molecule has 0 saturated carbocycles. The van der Waals surface area contributed by atoms with Crippen LogP contribution in [-0.2, 0) is 0 Å². The molecule has 0 spiro atoms. The quantitative estimate of drug-likeness (QED) is 0.853. The first kappa shape index (κ1) is 16.4. The van der Waals surface area contributed by atoms with E-state index in [9.17, 15) is 9.18 Å². The molecular formula is C17H22FN3OS. The molecule has 1 aliphatic rings. The second-order valence-electron chi connectivity index (χ2n) is 6.02. The second kappa shape index (κ2) is 7.38. The minimum atomic E-state index is -0.270. The van der Waals surface area contributed by atoms with Crippen molar-refractivity contribution in [2.24, 2.45) is 0 Å². The molecule has 0 unspecified atom stereocenters. The van der Waals surface area contributed by atoms with E-state index in [1.165, 1.54) is 17.4 Å². The van der Waals surface area contributed by atoms with Crippen molar-refractivity contribution in [2.75, 3.05) is 46.3 Å². The summed E-state index contributed by atoms with van der Waals surface area (Å²) in [5.74, 6) is -0.378. The zero-order valence-corrected chi connectivity index (χ0v) is 14.2. The fraction of sp³-hybridized carbons (Fsp3) is 0.471. The molecule has 0 aliphatic carbocycles. The van der Waals surface area contributed by atoms with Gasteiger partial charge >= 0.3 is 0 Å². The SMILES string of the molecule is CN1CCN(CCCNC(=O)c2cc3c(F)cccc3s2)CC1. The van der Waals surface area contributed by atoms with Gasteiger partial charge in [-0.15, -0.1) is 11.3 Å². The fourth-order valence-corrected chi connectivity index (χ4v) is 3.79. The largest absolute Gasteiger partial charge is 0.351 e. The Hall–Kier alpha value is -1.50. The number of fused-ring (bicyclic) bond motifs is 1. The molecule has 0 bridgehead atoms. The molecule has 4 nitrogen and oxygen atoms in total. The predicted octanol–water partition coefficient (Wildman–Crippen LogP) is 2.41. The van der Waals surface area contributed by atoms with Gasteiger partial charge in [0.2, 0.25) is 0 Å². The lowest BCUT2D eigenvalue weighted by Gasteiger charge is -2.32. The number of likely N-dealkylation sites (N-methyl/N-ethyl adjacent to an activating group) is 1. The Morgan fingerprint density at radius 1 is 1.30 bits per heavy atom. The first-order valence-corrected chi connectivity index (χ1v) is 8.82. The molecule has 2 heterocycles. The van der Waals surface area contributed by atoms with E-state index in [1.54, 1.807) is 12.1 Å². The molecule has 1 N–H and O–H groups in total. The maximum Gasteiger partial charge on any atom is 0.261 e. The lowest BCUT2D eigenvalue weighted by Crippen LogP contribution is -2.45. The number of halogens is 1. The van der Waals surface area contributed by atoms with Gasteiger partial charge in [-0.1, -0.05) is 6.07 Å². The molecule has 1 amide bonds. The molecule has 0 radical (unpaired) electrons. The van der Waals surface area contributed by atoms with E-state index < -0.39 is 0 Å². The molecule has 1 saturated heterocycles. The summed E-state index contributed by atoms with van der Waals surface area (Å²) in [7, 11) is 2.14. The zero-order chi connectivity index (χ0) is 16.2. The van der Waals surface area contributed by atoms with Gasteiger partial charge in [0.15, 0.2) is 0 Å². The minimum absolute atomic E-state index is 0.107. The van der Waals surface area contributed by atoms with Gasteiger partial charge in [0.05, 0.1) is 4.88 Å². The minimum Gasteiger partial charge on any atom is -0.351 e. The normalized spacial score (nSPS) is 16.8. The summed E-state index contributed by atoms with van der Waals surface area (Å²) in [4.78, 5) is 17.5. The second-order valence-corrected chi connectivity index (χ2v) is 7.10. The molecule has 124 valence electrons. The summed E-state index contributed by atoms with van der Waals surface area (Å²) < 4.78 is 14.5. The van der Waals surface area contributed by atoms with Crippen LogP contribution < -0.4 is 5.32 Å². The Morgan fingerprint density at radius 3 is 2.83 bits per heavy atom. The van der Waals surface area contributed by atoms with Crippen molar-refractivity contribution in [1.29, 1.82) is 0 Å². The summed E-state index contributed by atoms with van der Waals surface area (Å²) in [6, 6.07) is 6.58. The van der Waals surface area contributed by atoms with Gasteiger partial charge in [0.25, 0.3) is 5.91 Å². The Balaban J connectivity index is 1.46. The van der Waals surface area contributed by atoms with E-state index in [2.05, 4.69) is 22.2 Å². The smallest absolute Gasteiger partial charge is 0.261 e. The van der Waals surface area contributed by atoms with Gasteiger partial charge in [0.1, 0.15) is 5.82 Å². The molecule has 23 heavy (non-hydrogen) atoms. The number of hydrogen-bond acceptors (Lipinski definition) is 4. The number of benzene rings is 1. The third-order valence-electron chi connectivity index (χ3n) is 4.26. The standard InChI is InChI=1S/C17H22FN3OS/c1-20-8-10-21(11-9-20)7-3-6-19-17(22)16-12-13-14(18)4-2-5-15(13)23-16/h2,4-5,12H,3,6-11H2,1H3,(H,19,22). The highest BCUT2D eigenvalue weighted by molar-refractivity contribution is 7.20. The molecule has 0 atom stereocenters. The molecule has 1 aromatic heterocycles. The average Bonchev–Trinajstić information content (AvgIpc) is 2.99. The maximum absolute atomic E-state index is 13.7. The van der Waals surface area contributed by atoms with Gasteiger partial charge in [-0.05, 0) is 38.2 Å². The predicted molar refractivity (Wildman–Crippen MR) is 92.7 cm³/mol. The zero-order valence-electron chi connectivity index (χ0n) is 13.3. The van der Waals surface area contributed by atoms with Gasteiger partial charge in [-0.3, -0.25) is 4.79 Å². The molecule has 1 fully saturated rings. The molecule has 1 aliphatic heterocycles. The van der Waals surface area contributed by atoms with Gasteiger partial charge < -0.3 is 15.1 Å². The van der Waals surface area contributed by atoms with Gasteiger partial charge in [-0.2, -0.15) is 0 Å². The number of rotatable bonds is 5. The number of piperazine rings is 1. The van der Waals surface area contributed by atoms with Crippen LogP contribution in [-0.4, -0.2) is 62.0 Å². The van der Waals surface area contributed by atoms with Crippen molar-refractivity contribution in [3.05, 3.63) is 35.0 Å². The Labute approximate surface area is 139 Å². The van der Waals surface area contributed by atoms with Gasteiger partial charge in [-0.25, -0.2) is 4.39 Å². The molecule has 2 aromatic rings. The fourth-order valence-electron chi connectivity index (χ4n) is 2.80. The van der Waals surface area contributed by atoms with Crippen molar-refractivity contribution in [3.8, 4) is 0 Å². The lowest BCUT2D eigenvalue weighted by molar-refractivity contribution is 0.0953. The molecular weight excluding hydrogens is 313 g/mol. The van der Waals surface area contributed by atoms with Crippen LogP contribution in [0, 0.1) is 5.82 Å². The highest BCUT2D eigenvalue weighted by atomic mass is 32.1. The number of carbonyl (C=O) groups excluding carboxylic acids is 1. The van der Waals surface area contributed by atoms with E-state index >= 15 is 0 Å². The van der Waals surface area contributed by atoms with Crippen LogP contribution in [0.15, 0.2) is 24.3 Å². The van der Waals surface area contributed by atoms with Crippen LogP contribution in [0.2, 0.25) is 0 Å². The van der Waals surface area contributed by atoms with E-state index in [0.29, 0.717) is 16.8 Å². The van der Waals surface area contributed by atoms with Crippen molar-refractivity contribution in [3.63, 3.8) is 0 Å². The van der Waals surface area contributed by atoms with E-state index in [0.717, 1.165) is 43.8 Å². The van der Waals surface area contributed by atoms with E-state index in [-0.39, 0.29) is 11.7 Å². The van der Waals surface area contributed by atoms with Crippen molar-refractivity contribution in [1.82, 2.24) is 15.1 Å². The summed E-state index contributed by atoms with van der Waals surface area (Å²) in [6.45, 7) is 6.08. The first-order valence-electron chi connectivity index (χ1n) is 8.00. The van der Waals surface area contributed by atoms with Crippen molar-refractivity contribution >= 4 is 27.3 Å². The highest BCUT2D eigenvalue weighted by Crippen LogP contribution is 2.27. The van der Waals surface area contributed by atoms with E-state index in [4.69, 9.17) is 0 Å². The Bertz CT molecular complexity index is 680. The van der Waals surface area contributed by atoms with Crippen LogP contribution in [0.5, 0.6) is 0 Å². The third-order valence-corrected chi connectivity index (χ3v) is 5.36. The van der Waals surface area contributed by atoms with Crippen molar-refractivity contribution in [2.45, 2.75) is 6.42 Å². The van der Waals surface area contributed by atoms with Crippen molar-refractivity contribution < 1.29 is 9.18 Å². The molecule has 3 rings (SSSR count). The third kappa shape index (κ3) is 4.07. The topological polar surface area (TPSA) is 35.6 Å². The van der Waals surface area contributed by atoms with Crippen LogP contribution in [0.4, 0.5) is 4.39 Å². The number of hydrogen-bond donors (Lipinski definition) is 1. The number of nitrogens with one attached hydrogen (secondary N) is 1. The lowest BCUT2D eigenvalue weighted by atomic mass is 10.2. The summed E-state index contributed by atoms with van der Waals surface area (Å²) in [5.41, 5.74) is 0. The molecule has 1 aromatic carbocycles. The van der Waals surface area contributed by atoms with Crippen LogP contribution >= 0.6 is 11.3 Å². The van der Waals surface area contributed by atoms with Crippen LogP contribution in [0.25, 0.3) is 10.1 Å². The first-order chi connectivity index (χ1) is 11.1. The number of thiophene rings is 1. The van der Waals surface area contributed by atoms with Crippen LogP contribution in [0.1, 0.15) is 16.1 Å². The monoisotopic (exact) mass is 335 g/mol. The number of amides is 1. The summed E-state index contributed by atoms with van der Waals surface area (Å²) in [5, 5.41) is 3.47. The Morgan fingerprint density at radius 2 is 2.09 bits per heavy atom. The summed E-state index contributed by atoms with van der Waals surface area (Å²) >= 11 is 1.34.